The second kappa shape index (κ2) is 2.82. The zero-order chi connectivity index (χ0) is 7.56. The molecule has 10 heavy (non-hydrogen) atoms. The monoisotopic (exact) mass is 143 g/mol. The molecule has 0 N–H and O–H groups in total. The molecule has 1 amide bonds. The van der Waals surface area contributed by atoms with Gasteiger partial charge in [-0.05, 0) is 12.5 Å². The zero-order valence-electron chi connectivity index (χ0n) is 5.72. The first-order valence-electron chi connectivity index (χ1n) is 3.29. The lowest BCUT2D eigenvalue weighted by molar-refractivity contribution is -0.125. The van der Waals surface area contributed by atoms with Crippen molar-refractivity contribution in [1.29, 1.82) is 0 Å². The van der Waals surface area contributed by atoms with Crippen LogP contribution in [0.25, 0.3) is 0 Å². The van der Waals surface area contributed by atoms with Crippen molar-refractivity contribution in [2.45, 2.75) is 12.6 Å². The molecule has 0 bridgehead atoms. The van der Waals surface area contributed by atoms with E-state index < -0.39 is 6.17 Å². The molecule has 1 saturated heterocycles. The molecule has 1 heterocycles. The first-order chi connectivity index (χ1) is 4.74. The number of carbonyl (C=O) groups excluding carboxylic acids is 1. The van der Waals surface area contributed by atoms with Crippen molar-refractivity contribution in [3.63, 3.8) is 0 Å². The van der Waals surface area contributed by atoms with E-state index >= 15 is 0 Å². The molecule has 56 valence electrons. The summed E-state index contributed by atoms with van der Waals surface area (Å²) in [5.74, 6) is -0.167. The lowest BCUT2D eigenvalue weighted by Gasteiger charge is -2.10. The van der Waals surface area contributed by atoms with Gasteiger partial charge in [0.1, 0.15) is 6.17 Å². The number of nitrogens with zero attached hydrogens (tertiary/aromatic N) is 1. The number of carbonyl (C=O) groups is 1. The molecule has 1 rings (SSSR count). The van der Waals surface area contributed by atoms with Gasteiger partial charge in [-0.2, -0.15) is 0 Å². The van der Waals surface area contributed by atoms with Gasteiger partial charge in [-0.3, -0.25) is 4.79 Å². The molecule has 1 fully saturated rings. The summed E-state index contributed by atoms with van der Waals surface area (Å²) >= 11 is 0. The van der Waals surface area contributed by atoms with Crippen molar-refractivity contribution >= 4 is 5.91 Å². The van der Waals surface area contributed by atoms with E-state index in [1.54, 1.807) is 0 Å². The van der Waals surface area contributed by atoms with Gasteiger partial charge in [0.15, 0.2) is 0 Å². The number of alkyl halides is 1. The molecule has 1 aliphatic heterocycles. The number of amides is 1. The average Bonchev–Trinajstić information content (AvgIpc) is 2.34. The summed E-state index contributed by atoms with van der Waals surface area (Å²) in [6.07, 6.45) is 0.862. The number of rotatable bonds is 1. The van der Waals surface area contributed by atoms with Crippen LogP contribution >= 0.6 is 0 Å². The van der Waals surface area contributed by atoms with Crippen LogP contribution in [-0.4, -0.2) is 30.1 Å². The molecular formula is C7H10FNO. The van der Waals surface area contributed by atoms with E-state index in [0.29, 0.717) is 13.0 Å². The third-order valence-corrected chi connectivity index (χ3v) is 1.62. The second-order valence-electron chi connectivity index (χ2n) is 2.37. The fourth-order valence-corrected chi connectivity index (χ4v) is 1.05. The van der Waals surface area contributed by atoms with Gasteiger partial charge in [-0.15, -0.1) is 0 Å². The minimum Gasteiger partial charge on any atom is -0.336 e. The minimum atomic E-state index is -0.830. The molecule has 0 radical (unpaired) electrons. The summed E-state index contributed by atoms with van der Waals surface area (Å²) in [5, 5.41) is 0. The maximum Gasteiger partial charge on any atom is 0.246 e. The van der Waals surface area contributed by atoms with E-state index in [9.17, 15) is 9.18 Å². The van der Waals surface area contributed by atoms with E-state index in [1.807, 2.05) is 0 Å². The van der Waals surface area contributed by atoms with Gasteiger partial charge >= 0.3 is 0 Å². The van der Waals surface area contributed by atoms with Gasteiger partial charge in [0, 0.05) is 6.54 Å². The first kappa shape index (κ1) is 7.25. The fourth-order valence-electron chi connectivity index (χ4n) is 1.05. The maximum atomic E-state index is 12.4. The van der Waals surface area contributed by atoms with Gasteiger partial charge in [0.05, 0.1) is 6.54 Å². The van der Waals surface area contributed by atoms with E-state index in [2.05, 4.69) is 6.58 Å². The zero-order valence-corrected chi connectivity index (χ0v) is 5.72. The molecule has 0 aromatic heterocycles. The minimum absolute atomic E-state index is 0.167. The largest absolute Gasteiger partial charge is 0.336 e. The molecular weight excluding hydrogens is 133 g/mol. The van der Waals surface area contributed by atoms with E-state index in [1.165, 1.54) is 11.0 Å². The van der Waals surface area contributed by atoms with Crippen molar-refractivity contribution in [1.82, 2.24) is 4.90 Å². The maximum absolute atomic E-state index is 12.4. The summed E-state index contributed by atoms with van der Waals surface area (Å²) in [6, 6.07) is 0. The first-order valence-corrected chi connectivity index (χ1v) is 3.29. The highest BCUT2D eigenvalue weighted by Crippen LogP contribution is 2.11. The van der Waals surface area contributed by atoms with E-state index in [0.717, 1.165) is 0 Å². The Morgan fingerprint density at radius 1 is 1.80 bits per heavy atom. The highest BCUT2D eigenvalue weighted by molar-refractivity contribution is 5.87. The molecule has 2 nitrogen and oxygen atoms in total. The summed E-state index contributed by atoms with van der Waals surface area (Å²) in [7, 11) is 0. The Hall–Kier alpha value is -0.860. The van der Waals surface area contributed by atoms with Crippen LogP contribution in [0.3, 0.4) is 0 Å². The SMILES string of the molecule is C=CC(=O)N1CCC(F)C1. The fraction of sp³-hybridized carbons (Fsp3) is 0.571. The number of halogens is 1. The van der Waals surface area contributed by atoms with Crippen molar-refractivity contribution in [3.05, 3.63) is 12.7 Å². The van der Waals surface area contributed by atoms with Gasteiger partial charge in [0.25, 0.3) is 0 Å². The van der Waals surface area contributed by atoms with Crippen LogP contribution in [0.4, 0.5) is 4.39 Å². The van der Waals surface area contributed by atoms with Crippen LogP contribution in [0.5, 0.6) is 0 Å². The topological polar surface area (TPSA) is 20.3 Å². The standard InChI is InChI=1S/C7H10FNO/c1-2-7(10)9-4-3-6(8)5-9/h2,6H,1,3-5H2. The smallest absolute Gasteiger partial charge is 0.246 e. The van der Waals surface area contributed by atoms with Gasteiger partial charge in [-0.1, -0.05) is 6.58 Å². The summed E-state index contributed by atoms with van der Waals surface area (Å²) in [4.78, 5) is 12.3. The molecule has 0 aliphatic carbocycles. The van der Waals surface area contributed by atoms with Crippen LogP contribution in [0.15, 0.2) is 12.7 Å². The van der Waals surface area contributed by atoms with Crippen molar-refractivity contribution in [2.75, 3.05) is 13.1 Å². The normalized spacial score (nSPS) is 24.9. The molecule has 1 unspecified atom stereocenters. The summed E-state index contributed by atoms with van der Waals surface area (Å²) in [5.41, 5.74) is 0. The molecule has 0 saturated carbocycles. The molecule has 0 spiro atoms. The Bertz CT molecular complexity index is 158. The van der Waals surface area contributed by atoms with Crippen molar-refractivity contribution in [3.8, 4) is 0 Å². The Kier molecular flexibility index (Phi) is 2.04. The highest BCUT2D eigenvalue weighted by atomic mass is 19.1. The Morgan fingerprint density at radius 3 is 2.90 bits per heavy atom. The lowest BCUT2D eigenvalue weighted by Crippen LogP contribution is -2.26. The van der Waals surface area contributed by atoms with Crippen LogP contribution in [0.2, 0.25) is 0 Å². The molecule has 1 atom stereocenters. The van der Waals surface area contributed by atoms with E-state index in [4.69, 9.17) is 0 Å². The predicted octanol–water partition coefficient (Wildman–Crippen LogP) is 0.743. The molecule has 3 heteroatoms. The third-order valence-electron chi connectivity index (χ3n) is 1.62. The number of hydrogen-bond acceptors (Lipinski definition) is 1. The average molecular weight is 143 g/mol. The lowest BCUT2D eigenvalue weighted by atomic mass is 10.3. The van der Waals surface area contributed by atoms with Gasteiger partial charge < -0.3 is 4.90 Å². The van der Waals surface area contributed by atoms with Crippen molar-refractivity contribution in [2.24, 2.45) is 0 Å². The van der Waals surface area contributed by atoms with E-state index in [-0.39, 0.29) is 12.5 Å². The molecule has 1 aliphatic rings. The summed E-state index contributed by atoms with van der Waals surface area (Å²) in [6.45, 7) is 4.09. The number of hydrogen-bond donors (Lipinski definition) is 0. The van der Waals surface area contributed by atoms with Crippen LogP contribution in [-0.2, 0) is 4.79 Å². The highest BCUT2D eigenvalue weighted by Gasteiger charge is 2.23. The van der Waals surface area contributed by atoms with Crippen LogP contribution in [0.1, 0.15) is 6.42 Å². The van der Waals surface area contributed by atoms with Gasteiger partial charge in [0.2, 0.25) is 5.91 Å². The quantitative estimate of drug-likeness (QED) is 0.496. The molecule has 0 aromatic rings. The third kappa shape index (κ3) is 1.35. The number of likely N-dealkylation sites (tertiary alicyclic amines) is 1. The second-order valence-corrected chi connectivity index (χ2v) is 2.37. The van der Waals surface area contributed by atoms with Gasteiger partial charge in [-0.25, -0.2) is 4.39 Å². The van der Waals surface area contributed by atoms with Crippen LogP contribution in [0, 0.1) is 0 Å². The predicted molar refractivity (Wildman–Crippen MR) is 36.3 cm³/mol. The Morgan fingerprint density at radius 2 is 2.50 bits per heavy atom. The Labute approximate surface area is 59.3 Å². The Balaban J connectivity index is 2.44. The van der Waals surface area contributed by atoms with Crippen molar-refractivity contribution < 1.29 is 9.18 Å². The molecule has 0 aromatic carbocycles. The van der Waals surface area contributed by atoms with Crippen LogP contribution < -0.4 is 0 Å². The summed E-state index contributed by atoms with van der Waals surface area (Å²) < 4.78 is 12.4.